The standard InChI is InChI=1S/C15H17ClN2O2/c1-11-4-3-7-15(8-11,10-17)9-12-13(16)5-2-6-14(12)18(19)20/h2,5-6,11H,3-4,7-9H2,1H3. The molecule has 106 valence electrons. The number of nitro groups is 1. The molecule has 1 saturated carbocycles. The molecule has 20 heavy (non-hydrogen) atoms. The van der Waals surface area contributed by atoms with Crippen LogP contribution < -0.4 is 0 Å². The van der Waals surface area contributed by atoms with E-state index in [1.54, 1.807) is 12.1 Å². The summed E-state index contributed by atoms with van der Waals surface area (Å²) >= 11 is 6.13. The van der Waals surface area contributed by atoms with Gasteiger partial charge in [0.25, 0.3) is 5.69 Å². The highest BCUT2D eigenvalue weighted by Crippen LogP contribution is 2.43. The first kappa shape index (κ1) is 14.8. The smallest absolute Gasteiger partial charge is 0.258 e. The van der Waals surface area contributed by atoms with Crippen LogP contribution in [0.15, 0.2) is 18.2 Å². The average Bonchev–Trinajstić information content (AvgIpc) is 2.41. The van der Waals surface area contributed by atoms with Gasteiger partial charge >= 0.3 is 0 Å². The molecule has 0 aromatic heterocycles. The first-order valence-electron chi connectivity index (χ1n) is 6.80. The number of nitrogens with zero attached hydrogens (tertiary/aromatic N) is 2. The fourth-order valence-corrected chi connectivity index (χ4v) is 3.43. The fraction of sp³-hybridized carbons (Fsp3) is 0.533. The SMILES string of the molecule is CC1CCCC(C#N)(Cc2c(Cl)cccc2[N+](=O)[O-])C1. The van der Waals surface area contributed by atoms with Crippen molar-refractivity contribution >= 4 is 17.3 Å². The van der Waals surface area contributed by atoms with E-state index >= 15 is 0 Å². The lowest BCUT2D eigenvalue weighted by molar-refractivity contribution is -0.385. The Morgan fingerprint density at radius 1 is 1.60 bits per heavy atom. The van der Waals surface area contributed by atoms with Crippen molar-refractivity contribution < 1.29 is 4.92 Å². The number of hydrogen-bond acceptors (Lipinski definition) is 3. The second kappa shape index (κ2) is 5.80. The molecule has 0 amide bonds. The molecule has 0 heterocycles. The van der Waals surface area contributed by atoms with Crippen molar-refractivity contribution in [2.24, 2.45) is 11.3 Å². The van der Waals surface area contributed by atoms with Crippen molar-refractivity contribution in [3.63, 3.8) is 0 Å². The molecule has 0 spiro atoms. The lowest BCUT2D eigenvalue weighted by Gasteiger charge is -2.34. The van der Waals surface area contributed by atoms with E-state index in [-0.39, 0.29) is 5.69 Å². The average molecular weight is 293 g/mol. The molecule has 1 aromatic rings. The lowest BCUT2D eigenvalue weighted by Crippen LogP contribution is -2.29. The summed E-state index contributed by atoms with van der Waals surface area (Å²) in [4.78, 5) is 10.7. The topological polar surface area (TPSA) is 66.9 Å². The maximum Gasteiger partial charge on any atom is 0.274 e. The molecule has 2 rings (SSSR count). The quantitative estimate of drug-likeness (QED) is 0.608. The van der Waals surface area contributed by atoms with Gasteiger partial charge in [0.05, 0.1) is 21.4 Å². The summed E-state index contributed by atoms with van der Waals surface area (Å²) in [6, 6.07) is 7.10. The minimum absolute atomic E-state index is 0.0188. The first-order valence-corrected chi connectivity index (χ1v) is 7.18. The Hall–Kier alpha value is -1.60. The predicted octanol–water partition coefficient (Wildman–Crippen LogP) is 4.51. The minimum atomic E-state index is -0.520. The van der Waals surface area contributed by atoms with Gasteiger partial charge in [0.1, 0.15) is 0 Å². The molecule has 2 atom stereocenters. The molecule has 0 radical (unpaired) electrons. The van der Waals surface area contributed by atoms with Gasteiger partial charge < -0.3 is 0 Å². The summed E-state index contributed by atoms with van der Waals surface area (Å²) in [5.41, 5.74) is -0.00637. The van der Waals surface area contributed by atoms with Crippen LogP contribution >= 0.6 is 11.6 Å². The van der Waals surface area contributed by atoms with Crippen LogP contribution in [0.25, 0.3) is 0 Å². The van der Waals surface area contributed by atoms with Crippen LogP contribution in [-0.4, -0.2) is 4.92 Å². The van der Waals surface area contributed by atoms with Crippen LogP contribution in [0, 0.1) is 32.8 Å². The van der Waals surface area contributed by atoms with Crippen LogP contribution in [0.4, 0.5) is 5.69 Å². The van der Waals surface area contributed by atoms with Crippen molar-refractivity contribution in [2.45, 2.75) is 39.0 Å². The highest BCUT2D eigenvalue weighted by Gasteiger charge is 2.37. The number of benzene rings is 1. The lowest BCUT2D eigenvalue weighted by atomic mass is 9.68. The zero-order chi connectivity index (χ0) is 14.8. The summed E-state index contributed by atoms with van der Waals surface area (Å²) in [5.74, 6) is 0.477. The number of nitro benzene ring substituents is 1. The molecule has 5 heteroatoms. The molecular formula is C15H17ClN2O2. The summed E-state index contributed by atoms with van der Waals surface area (Å²) in [5, 5.41) is 21.1. The molecule has 0 aliphatic heterocycles. The Kier molecular flexibility index (Phi) is 4.29. The molecule has 1 aliphatic rings. The third kappa shape index (κ3) is 2.94. The van der Waals surface area contributed by atoms with Gasteiger partial charge in [-0.2, -0.15) is 5.26 Å². The molecule has 1 aromatic carbocycles. The number of halogens is 1. The molecule has 0 saturated heterocycles. The van der Waals surface area contributed by atoms with Crippen LogP contribution in [0.1, 0.15) is 38.2 Å². The van der Waals surface area contributed by atoms with Gasteiger partial charge in [0.15, 0.2) is 0 Å². The molecule has 4 nitrogen and oxygen atoms in total. The van der Waals surface area contributed by atoms with E-state index in [0.29, 0.717) is 22.9 Å². The van der Waals surface area contributed by atoms with Gasteiger partial charge in [-0.1, -0.05) is 37.4 Å². The first-order chi connectivity index (χ1) is 9.47. The van der Waals surface area contributed by atoms with Gasteiger partial charge in [0.2, 0.25) is 0 Å². The predicted molar refractivity (Wildman–Crippen MR) is 77.5 cm³/mol. The van der Waals surface area contributed by atoms with Crippen molar-refractivity contribution in [1.82, 2.24) is 0 Å². The number of nitriles is 1. The Morgan fingerprint density at radius 3 is 2.95 bits per heavy atom. The van der Waals surface area contributed by atoms with Crippen molar-refractivity contribution in [3.8, 4) is 6.07 Å². The highest BCUT2D eigenvalue weighted by atomic mass is 35.5. The maximum atomic E-state index is 11.1. The minimum Gasteiger partial charge on any atom is -0.258 e. The molecule has 2 unspecified atom stereocenters. The Bertz CT molecular complexity index is 567. The molecule has 0 N–H and O–H groups in total. The van der Waals surface area contributed by atoms with Crippen LogP contribution in [0.5, 0.6) is 0 Å². The van der Waals surface area contributed by atoms with Gasteiger partial charge in [-0.25, -0.2) is 0 Å². The molecular weight excluding hydrogens is 276 g/mol. The van der Waals surface area contributed by atoms with Crippen LogP contribution in [0.3, 0.4) is 0 Å². The number of rotatable bonds is 3. The zero-order valence-electron chi connectivity index (χ0n) is 11.4. The highest BCUT2D eigenvalue weighted by molar-refractivity contribution is 6.31. The Labute approximate surface area is 123 Å². The van der Waals surface area contributed by atoms with Crippen molar-refractivity contribution in [3.05, 3.63) is 38.9 Å². The van der Waals surface area contributed by atoms with Crippen LogP contribution in [0.2, 0.25) is 5.02 Å². The molecule has 0 bridgehead atoms. The molecule has 1 fully saturated rings. The summed E-state index contributed by atoms with van der Waals surface area (Å²) in [7, 11) is 0. The van der Waals surface area contributed by atoms with Gasteiger partial charge in [-0.3, -0.25) is 10.1 Å². The summed E-state index contributed by atoms with van der Waals surface area (Å²) in [6.45, 7) is 2.13. The van der Waals surface area contributed by atoms with E-state index in [2.05, 4.69) is 13.0 Å². The second-order valence-corrected chi connectivity index (χ2v) is 6.17. The third-order valence-corrected chi connectivity index (χ3v) is 4.49. The fourth-order valence-electron chi connectivity index (χ4n) is 3.19. The van der Waals surface area contributed by atoms with E-state index in [1.807, 2.05) is 0 Å². The van der Waals surface area contributed by atoms with Crippen LogP contribution in [-0.2, 0) is 6.42 Å². The van der Waals surface area contributed by atoms with E-state index in [1.165, 1.54) is 6.07 Å². The van der Waals surface area contributed by atoms with E-state index < -0.39 is 10.3 Å². The van der Waals surface area contributed by atoms with E-state index in [9.17, 15) is 15.4 Å². The van der Waals surface area contributed by atoms with E-state index in [4.69, 9.17) is 11.6 Å². The maximum absolute atomic E-state index is 11.1. The summed E-state index contributed by atoms with van der Waals surface area (Å²) < 4.78 is 0. The largest absolute Gasteiger partial charge is 0.274 e. The molecule has 1 aliphatic carbocycles. The Morgan fingerprint density at radius 2 is 2.35 bits per heavy atom. The van der Waals surface area contributed by atoms with Gasteiger partial charge in [-0.15, -0.1) is 0 Å². The van der Waals surface area contributed by atoms with Gasteiger partial charge in [-0.05, 0) is 31.2 Å². The van der Waals surface area contributed by atoms with Gasteiger partial charge in [0, 0.05) is 11.6 Å². The van der Waals surface area contributed by atoms with Crippen molar-refractivity contribution in [2.75, 3.05) is 0 Å². The normalized spacial score (nSPS) is 25.9. The second-order valence-electron chi connectivity index (χ2n) is 5.77. The third-order valence-electron chi connectivity index (χ3n) is 4.13. The Balaban J connectivity index is 2.38. The summed E-state index contributed by atoms with van der Waals surface area (Å²) in [6.07, 6.45) is 4.05. The number of hydrogen-bond donors (Lipinski definition) is 0. The zero-order valence-corrected chi connectivity index (χ0v) is 12.2. The van der Waals surface area contributed by atoms with Crippen molar-refractivity contribution in [1.29, 1.82) is 5.26 Å². The monoisotopic (exact) mass is 292 g/mol. The van der Waals surface area contributed by atoms with E-state index in [0.717, 1.165) is 25.7 Å².